The number of hydrogen-bond acceptors (Lipinski definition) is 9. The number of thiocarbonyl (C=S) groups is 1. The molecule has 1 aromatic rings. The third kappa shape index (κ3) is 7.61. The number of non-ortho nitro benzene ring substituents is 1. The van der Waals surface area contributed by atoms with E-state index in [-0.39, 0.29) is 49.0 Å². The van der Waals surface area contributed by atoms with Gasteiger partial charge in [0.2, 0.25) is 0 Å². The van der Waals surface area contributed by atoms with Gasteiger partial charge in [-0.25, -0.2) is 4.79 Å². The van der Waals surface area contributed by atoms with Crippen molar-refractivity contribution in [1.82, 2.24) is 10.6 Å². The van der Waals surface area contributed by atoms with E-state index in [0.717, 1.165) is 0 Å². The number of esters is 3. The first-order valence-corrected chi connectivity index (χ1v) is 10.1. The molecule has 0 fully saturated rings. The highest BCUT2D eigenvalue weighted by Crippen LogP contribution is 2.17. The number of carbonyl (C=O) groups excluding carboxylic acids is 3. The summed E-state index contributed by atoms with van der Waals surface area (Å²) >= 11 is 5.10. The van der Waals surface area contributed by atoms with Gasteiger partial charge in [0.25, 0.3) is 5.69 Å². The molecule has 1 unspecified atom stereocenters. The molecule has 0 bridgehead atoms. The molecule has 12 heteroatoms. The second-order valence-corrected chi connectivity index (χ2v) is 7.18. The van der Waals surface area contributed by atoms with E-state index in [2.05, 4.69) is 10.6 Å². The van der Waals surface area contributed by atoms with Crippen molar-refractivity contribution in [1.29, 1.82) is 0 Å². The Bertz CT molecular complexity index is 947. The Labute approximate surface area is 189 Å². The highest BCUT2D eigenvalue weighted by Gasteiger charge is 2.30. The van der Waals surface area contributed by atoms with Crippen molar-refractivity contribution in [3.63, 3.8) is 0 Å². The van der Waals surface area contributed by atoms with Gasteiger partial charge in [0.05, 0.1) is 29.6 Å². The van der Waals surface area contributed by atoms with Gasteiger partial charge in [0.1, 0.15) is 13.2 Å². The van der Waals surface area contributed by atoms with Crippen LogP contribution in [0.3, 0.4) is 0 Å². The summed E-state index contributed by atoms with van der Waals surface area (Å²) in [5.74, 6) is -1.75. The average molecular weight is 465 g/mol. The van der Waals surface area contributed by atoms with Crippen molar-refractivity contribution in [2.75, 3.05) is 19.8 Å². The Kier molecular flexibility index (Phi) is 9.08. The maximum absolute atomic E-state index is 12.7. The molecule has 1 aliphatic heterocycles. The fourth-order valence-corrected chi connectivity index (χ4v) is 3.17. The number of benzene rings is 1. The van der Waals surface area contributed by atoms with E-state index in [1.807, 2.05) is 0 Å². The maximum atomic E-state index is 12.7. The number of nitro benzene ring substituents is 1. The lowest BCUT2D eigenvalue weighted by molar-refractivity contribution is -0.384. The molecule has 32 heavy (non-hydrogen) atoms. The molecule has 0 amide bonds. The fraction of sp³-hybridized carbons (Fsp3) is 0.400. The number of allylic oxidation sites excluding steroid dienone is 1. The zero-order chi connectivity index (χ0) is 23.7. The summed E-state index contributed by atoms with van der Waals surface area (Å²) in [4.78, 5) is 45.6. The SMILES string of the molecule is CC(=O)OCCC(=O)OCC1NC(=S)NC(C)=C1C(=O)OCCc1cccc([N+](=O)[O-])c1. The minimum Gasteiger partial charge on any atom is -0.465 e. The number of nitro groups is 1. The van der Waals surface area contributed by atoms with Gasteiger partial charge < -0.3 is 24.8 Å². The molecule has 1 aromatic carbocycles. The van der Waals surface area contributed by atoms with Crippen molar-refractivity contribution in [2.24, 2.45) is 0 Å². The van der Waals surface area contributed by atoms with E-state index in [4.69, 9.17) is 26.4 Å². The highest BCUT2D eigenvalue weighted by molar-refractivity contribution is 7.80. The van der Waals surface area contributed by atoms with Crippen molar-refractivity contribution in [3.05, 3.63) is 51.2 Å². The Morgan fingerprint density at radius 3 is 2.62 bits per heavy atom. The lowest BCUT2D eigenvalue weighted by Crippen LogP contribution is -2.52. The summed E-state index contributed by atoms with van der Waals surface area (Å²) in [7, 11) is 0. The molecule has 0 spiro atoms. The predicted molar refractivity (Wildman–Crippen MR) is 115 cm³/mol. The molecule has 2 N–H and O–H groups in total. The molecular weight excluding hydrogens is 442 g/mol. The van der Waals surface area contributed by atoms with Crippen LogP contribution in [0.25, 0.3) is 0 Å². The predicted octanol–water partition coefficient (Wildman–Crippen LogP) is 1.30. The monoisotopic (exact) mass is 465 g/mol. The molecule has 1 heterocycles. The van der Waals surface area contributed by atoms with E-state index in [1.165, 1.54) is 19.1 Å². The minimum atomic E-state index is -0.730. The maximum Gasteiger partial charge on any atom is 0.338 e. The van der Waals surface area contributed by atoms with Gasteiger partial charge in [0.15, 0.2) is 5.11 Å². The van der Waals surface area contributed by atoms with Gasteiger partial charge in [-0.3, -0.25) is 19.7 Å². The molecule has 2 rings (SSSR count). The van der Waals surface area contributed by atoms with Gasteiger partial charge in [-0.2, -0.15) is 0 Å². The molecule has 1 atom stereocenters. The fourth-order valence-electron chi connectivity index (χ4n) is 2.88. The van der Waals surface area contributed by atoms with Crippen LogP contribution in [0.2, 0.25) is 0 Å². The van der Waals surface area contributed by atoms with Gasteiger partial charge >= 0.3 is 17.9 Å². The first-order chi connectivity index (χ1) is 15.2. The number of nitrogens with zero attached hydrogens (tertiary/aromatic N) is 1. The summed E-state index contributed by atoms with van der Waals surface area (Å²) < 4.78 is 15.2. The summed E-state index contributed by atoms with van der Waals surface area (Å²) in [6.45, 7) is 2.58. The van der Waals surface area contributed by atoms with E-state index >= 15 is 0 Å². The Balaban J connectivity index is 1.94. The van der Waals surface area contributed by atoms with Crippen LogP contribution >= 0.6 is 12.2 Å². The van der Waals surface area contributed by atoms with Gasteiger partial charge in [-0.15, -0.1) is 0 Å². The zero-order valence-electron chi connectivity index (χ0n) is 17.5. The van der Waals surface area contributed by atoms with Crippen LogP contribution in [0.5, 0.6) is 0 Å². The van der Waals surface area contributed by atoms with Crippen LogP contribution in [-0.2, 0) is 35.0 Å². The molecule has 0 saturated heterocycles. The smallest absolute Gasteiger partial charge is 0.338 e. The summed E-state index contributed by atoms with van der Waals surface area (Å²) in [6.07, 6.45) is 0.162. The summed E-state index contributed by atoms with van der Waals surface area (Å²) in [5.41, 5.74) is 1.27. The first kappa shape index (κ1) is 24.7. The van der Waals surface area contributed by atoms with Crippen molar-refractivity contribution in [2.45, 2.75) is 32.7 Å². The molecule has 11 nitrogen and oxygen atoms in total. The number of hydrogen-bond donors (Lipinski definition) is 2. The molecule has 1 aliphatic rings. The summed E-state index contributed by atoms with van der Waals surface area (Å²) in [6, 6.07) is 5.32. The first-order valence-electron chi connectivity index (χ1n) is 9.65. The van der Waals surface area contributed by atoms with Crippen LogP contribution in [0.1, 0.15) is 25.8 Å². The van der Waals surface area contributed by atoms with Gasteiger partial charge in [-0.1, -0.05) is 12.1 Å². The third-order valence-electron chi connectivity index (χ3n) is 4.35. The van der Waals surface area contributed by atoms with E-state index < -0.39 is 28.9 Å². The third-order valence-corrected chi connectivity index (χ3v) is 4.57. The van der Waals surface area contributed by atoms with Crippen molar-refractivity contribution in [3.8, 4) is 0 Å². The normalized spacial score (nSPS) is 15.3. The topological polar surface area (TPSA) is 146 Å². The van der Waals surface area contributed by atoms with Crippen LogP contribution in [0, 0.1) is 10.1 Å². The van der Waals surface area contributed by atoms with Gasteiger partial charge in [-0.05, 0) is 24.7 Å². The Morgan fingerprint density at radius 1 is 1.19 bits per heavy atom. The second kappa shape index (κ2) is 11.7. The Morgan fingerprint density at radius 2 is 1.94 bits per heavy atom. The van der Waals surface area contributed by atoms with Crippen molar-refractivity contribution >= 4 is 40.9 Å². The van der Waals surface area contributed by atoms with Crippen molar-refractivity contribution < 1.29 is 33.5 Å². The lowest BCUT2D eigenvalue weighted by atomic mass is 10.0. The quantitative estimate of drug-likeness (QED) is 0.169. The number of rotatable bonds is 10. The van der Waals surface area contributed by atoms with Gasteiger partial charge in [0, 0.05) is 31.2 Å². The molecule has 0 saturated carbocycles. The van der Waals surface area contributed by atoms with Crippen LogP contribution in [0.4, 0.5) is 5.69 Å². The summed E-state index contributed by atoms with van der Waals surface area (Å²) in [5, 5.41) is 16.8. The van der Waals surface area contributed by atoms with E-state index in [0.29, 0.717) is 11.3 Å². The molecule has 172 valence electrons. The minimum absolute atomic E-state index is 0.00385. The lowest BCUT2D eigenvalue weighted by Gasteiger charge is -2.29. The molecular formula is C20H23N3O8S. The Hall–Kier alpha value is -3.54. The standard InChI is InChI=1S/C20H23N3O8S/c1-12-18(19(26)30-8-6-14-4-3-5-15(10-14)23(27)28)16(22-20(32)21-12)11-31-17(25)7-9-29-13(2)24/h3-5,10,16H,6-9,11H2,1-2H3,(H2,21,22,32). The zero-order valence-corrected chi connectivity index (χ0v) is 18.4. The molecule has 0 aliphatic carbocycles. The van der Waals surface area contributed by atoms with E-state index in [9.17, 15) is 24.5 Å². The van der Waals surface area contributed by atoms with Crippen LogP contribution in [0.15, 0.2) is 35.5 Å². The highest BCUT2D eigenvalue weighted by atomic mass is 32.1. The van der Waals surface area contributed by atoms with E-state index in [1.54, 1.807) is 19.1 Å². The number of nitrogens with one attached hydrogen (secondary N) is 2. The average Bonchev–Trinajstić information content (AvgIpc) is 2.71. The number of ether oxygens (including phenoxy) is 3. The largest absolute Gasteiger partial charge is 0.465 e. The molecule has 0 aromatic heterocycles. The molecule has 0 radical (unpaired) electrons. The second-order valence-electron chi connectivity index (χ2n) is 6.78. The van der Waals surface area contributed by atoms with Crippen LogP contribution in [-0.4, -0.2) is 53.8 Å². The number of carbonyl (C=O) groups is 3. The van der Waals surface area contributed by atoms with Crippen LogP contribution < -0.4 is 10.6 Å².